The molecule has 7 nitrogen and oxygen atoms in total. The fraction of sp³-hybridized carbons (Fsp3) is 0.333. The number of rotatable bonds is 6. The Hall–Kier alpha value is -1.93. The minimum Gasteiger partial charge on any atom is -0.481 e. The Labute approximate surface area is 116 Å². The van der Waals surface area contributed by atoms with E-state index in [4.69, 9.17) is 10.2 Å². The van der Waals surface area contributed by atoms with E-state index in [0.717, 1.165) is 0 Å². The van der Waals surface area contributed by atoms with Crippen molar-refractivity contribution < 1.29 is 28.2 Å². The van der Waals surface area contributed by atoms with Crippen molar-refractivity contribution in [1.29, 1.82) is 0 Å². The van der Waals surface area contributed by atoms with Crippen LogP contribution in [0.3, 0.4) is 0 Å². The van der Waals surface area contributed by atoms with Gasteiger partial charge < -0.3 is 10.2 Å². The highest BCUT2D eigenvalue weighted by atomic mass is 32.2. The lowest BCUT2D eigenvalue weighted by molar-refractivity contribution is -0.145. The summed E-state index contributed by atoms with van der Waals surface area (Å²) in [5.41, 5.74) is 1.41. The van der Waals surface area contributed by atoms with Crippen LogP contribution in [0.15, 0.2) is 23.1 Å². The molecule has 0 fully saturated rings. The van der Waals surface area contributed by atoms with Gasteiger partial charge in [-0.3, -0.25) is 9.59 Å². The van der Waals surface area contributed by atoms with Crippen LogP contribution in [0.5, 0.6) is 0 Å². The summed E-state index contributed by atoms with van der Waals surface area (Å²) >= 11 is 0. The monoisotopic (exact) mass is 301 g/mol. The number of aryl methyl sites for hydroxylation is 2. The summed E-state index contributed by atoms with van der Waals surface area (Å²) in [5.74, 6) is -2.94. The number of hydrogen-bond donors (Lipinski definition) is 3. The number of nitrogens with one attached hydrogen (secondary N) is 1. The summed E-state index contributed by atoms with van der Waals surface area (Å²) in [6.45, 7) is 3.41. The maximum atomic E-state index is 12.1. The van der Waals surface area contributed by atoms with Gasteiger partial charge in [-0.05, 0) is 37.1 Å². The maximum absolute atomic E-state index is 12.1. The van der Waals surface area contributed by atoms with Crippen LogP contribution >= 0.6 is 0 Å². The summed E-state index contributed by atoms with van der Waals surface area (Å²) in [4.78, 5) is 21.3. The molecule has 3 N–H and O–H groups in total. The molecule has 8 heteroatoms. The Bertz CT molecular complexity index is 617. The van der Waals surface area contributed by atoms with Gasteiger partial charge in [0, 0.05) is 0 Å². The van der Waals surface area contributed by atoms with Crippen molar-refractivity contribution in [3.05, 3.63) is 29.3 Å². The number of aliphatic carboxylic acids is 2. The van der Waals surface area contributed by atoms with Crippen LogP contribution in [0.2, 0.25) is 0 Å². The number of carboxylic acid groups (broad SMARTS) is 2. The number of sulfonamides is 1. The molecule has 0 unspecified atom stereocenters. The van der Waals surface area contributed by atoms with E-state index in [9.17, 15) is 18.0 Å². The molecule has 1 rings (SSSR count). The Morgan fingerprint density at radius 2 is 1.65 bits per heavy atom. The molecule has 0 radical (unpaired) electrons. The van der Waals surface area contributed by atoms with Crippen molar-refractivity contribution in [2.24, 2.45) is 0 Å². The first-order valence-corrected chi connectivity index (χ1v) is 7.15. The van der Waals surface area contributed by atoms with E-state index in [2.05, 4.69) is 0 Å². The van der Waals surface area contributed by atoms with Crippen molar-refractivity contribution >= 4 is 22.0 Å². The van der Waals surface area contributed by atoms with Crippen molar-refractivity contribution in [2.75, 3.05) is 0 Å². The van der Waals surface area contributed by atoms with E-state index in [1.54, 1.807) is 19.9 Å². The van der Waals surface area contributed by atoms with Gasteiger partial charge in [-0.2, -0.15) is 4.72 Å². The van der Waals surface area contributed by atoms with Gasteiger partial charge in [0.25, 0.3) is 0 Å². The first-order chi connectivity index (χ1) is 9.11. The lowest BCUT2D eigenvalue weighted by atomic mass is 10.2. The van der Waals surface area contributed by atoms with Crippen LogP contribution in [-0.2, 0) is 19.6 Å². The Balaban J connectivity index is 3.09. The predicted molar refractivity (Wildman–Crippen MR) is 69.9 cm³/mol. The number of benzene rings is 1. The van der Waals surface area contributed by atoms with Crippen molar-refractivity contribution in [3.8, 4) is 0 Å². The van der Waals surface area contributed by atoms with Gasteiger partial charge >= 0.3 is 11.9 Å². The molecule has 0 aliphatic carbocycles. The molecule has 0 saturated carbocycles. The molecule has 0 aliphatic rings. The normalized spacial score (nSPS) is 12.9. The third-order valence-electron chi connectivity index (χ3n) is 2.48. The largest absolute Gasteiger partial charge is 0.481 e. The Kier molecular flexibility index (Phi) is 4.85. The molecule has 0 saturated heterocycles. The molecule has 1 aromatic carbocycles. The standard InChI is InChI=1S/C12H15NO6S/c1-7-3-8(2)5-9(4-7)20(18,19)13-10(12(16)17)6-11(14)15/h3-5,10,13H,6H2,1-2H3,(H,14,15)(H,16,17)/t10-/m1/s1. The van der Waals surface area contributed by atoms with E-state index in [-0.39, 0.29) is 4.90 Å². The second kappa shape index (κ2) is 6.02. The maximum Gasteiger partial charge on any atom is 0.322 e. The van der Waals surface area contributed by atoms with E-state index in [1.807, 2.05) is 4.72 Å². The van der Waals surface area contributed by atoms with Gasteiger partial charge in [0.1, 0.15) is 6.04 Å². The molecule has 20 heavy (non-hydrogen) atoms. The summed E-state index contributed by atoms with van der Waals surface area (Å²) in [6, 6.07) is 2.83. The molecule has 1 aromatic rings. The summed E-state index contributed by atoms with van der Waals surface area (Å²) in [5, 5.41) is 17.4. The fourth-order valence-electron chi connectivity index (χ4n) is 1.70. The van der Waals surface area contributed by atoms with E-state index in [1.165, 1.54) is 12.1 Å². The summed E-state index contributed by atoms with van der Waals surface area (Å²) in [6.07, 6.45) is -0.834. The van der Waals surface area contributed by atoms with Gasteiger partial charge in [0.15, 0.2) is 0 Å². The van der Waals surface area contributed by atoms with Gasteiger partial charge in [0.05, 0.1) is 11.3 Å². The van der Waals surface area contributed by atoms with Gasteiger partial charge in [-0.1, -0.05) is 6.07 Å². The van der Waals surface area contributed by atoms with Crippen LogP contribution in [0, 0.1) is 13.8 Å². The second-order valence-electron chi connectivity index (χ2n) is 4.43. The van der Waals surface area contributed by atoms with Crippen molar-refractivity contribution in [1.82, 2.24) is 4.72 Å². The quantitative estimate of drug-likeness (QED) is 0.704. The molecule has 0 aromatic heterocycles. The average molecular weight is 301 g/mol. The van der Waals surface area contributed by atoms with Gasteiger partial charge in [-0.25, -0.2) is 8.42 Å². The molecule has 0 amide bonds. The van der Waals surface area contributed by atoms with Crippen LogP contribution in [0.4, 0.5) is 0 Å². The molecule has 0 spiro atoms. The number of hydrogen-bond acceptors (Lipinski definition) is 4. The second-order valence-corrected chi connectivity index (χ2v) is 6.15. The van der Waals surface area contributed by atoms with Crippen LogP contribution in [0.1, 0.15) is 17.5 Å². The van der Waals surface area contributed by atoms with Crippen LogP contribution in [-0.4, -0.2) is 36.6 Å². The summed E-state index contributed by atoms with van der Waals surface area (Å²) < 4.78 is 26.0. The molecule has 0 aliphatic heterocycles. The highest BCUT2D eigenvalue weighted by Crippen LogP contribution is 2.15. The van der Waals surface area contributed by atoms with Crippen LogP contribution in [0.25, 0.3) is 0 Å². The van der Waals surface area contributed by atoms with Crippen molar-refractivity contribution in [3.63, 3.8) is 0 Å². The number of carboxylic acids is 2. The van der Waals surface area contributed by atoms with E-state index in [0.29, 0.717) is 11.1 Å². The highest BCUT2D eigenvalue weighted by molar-refractivity contribution is 7.89. The van der Waals surface area contributed by atoms with Crippen LogP contribution < -0.4 is 4.72 Å². The molecule has 0 heterocycles. The third kappa shape index (κ3) is 4.32. The SMILES string of the molecule is Cc1cc(C)cc(S(=O)(=O)N[C@H](CC(=O)O)C(=O)O)c1. The minimum absolute atomic E-state index is 0.0911. The molecule has 1 atom stereocenters. The minimum atomic E-state index is -4.09. The first-order valence-electron chi connectivity index (χ1n) is 5.67. The molecular weight excluding hydrogens is 286 g/mol. The van der Waals surface area contributed by atoms with Gasteiger partial charge in [0.2, 0.25) is 10.0 Å². The zero-order valence-corrected chi connectivity index (χ0v) is 11.8. The lowest BCUT2D eigenvalue weighted by Crippen LogP contribution is -2.42. The lowest BCUT2D eigenvalue weighted by Gasteiger charge is -2.13. The fourth-order valence-corrected chi connectivity index (χ4v) is 3.07. The topological polar surface area (TPSA) is 121 Å². The first kappa shape index (κ1) is 16.1. The molecule has 110 valence electrons. The predicted octanol–water partition coefficient (Wildman–Crippen LogP) is 0.510. The van der Waals surface area contributed by atoms with Gasteiger partial charge in [-0.15, -0.1) is 0 Å². The number of carbonyl (C=O) groups is 2. The zero-order chi connectivity index (χ0) is 15.5. The zero-order valence-electron chi connectivity index (χ0n) is 11.0. The Morgan fingerprint density at radius 1 is 1.15 bits per heavy atom. The smallest absolute Gasteiger partial charge is 0.322 e. The van der Waals surface area contributed by atoms with E-state index >= 15 is 0 Å². The van der Waals surface area contributed by atoms with Crippen molar-refractivity contribution in [2.45, 2.75) is 31.2 Å². The highest BCUT2D eigenvalue weighted by Gasteiger charge is 2.27. The average Bonchev–Trinajstić information content (AvgIpc) is 2.25. The van der Waals surface area contributed by atoms with E-state index < -0.39 is 34.4 Å². The summed E-state index contributed by atoms with van der Waals surface area (Å²) in [7, 11) is -4.09. The Morgan fingerprint density at radius 3 is 2.05 bits per heavy atom. The molecular formula is C12H15NO6S. The molecule has 0 bridgehead atoms. The third-order valence-corrected chi connectivity index (χ3v) is 3.93.